The highest BCUT2D eigenvalue weighted by atomic mass is 16.5. The molecule has 1 aliphatic rings. The van der Waals surface area contributed by atoms with Crippen LogP contribution in [0.1, 0.15) is 32.8 Å². The van der Waals surface area contributed by atoms with Crippen LogP contribution in [0.15, 0.2) is 43.0 Å². The van der Waals surface area contributed by atoms with Crippen molar-refractivity contribution < 1.29 is 14.3 Å². The predicted molar refractivity (Wildman–Crippen MR) is 82.7 cm³/mol. The van der Waals surface area contributed by atoms with E-state index in [-0.39, 0.29) is 29.5 Å². The van der Waals surface area contributed by atoms with Crippen LogP contribution in [0.2, 0.25) is 0 Å². The molecule has 0 N–H and O–H groups in total. The van der Waals surface area contributed by atoms with Crippen LogP contribution in [0, 0.1) is 11.3 Å². The molecule has 0 saturated heterocycles. The summed E-state index contributed by atoms with van der Waals surface area (Å²) in [5.41, 5.74) is 0.929. The topological polar surface area (TPSA) is 35.5 Å². The van der Waals surface area contributed by atoms with Crippen LogP contribution in [-0.2, 0) is 20.9 Å². The molecule has 1 fully saturated rings. The van der Waals surface area contributed by atoms with E-state index in [1.807, 2.05) is 24.3 Å². The van der Waals surface area contributed by atoms with Crippen molar-refractivity contribution in [2.24, 2.45) is 11.3 Å². The molecule has 3 nitrogen and oxygen atoms in total. The van der Waals surface area contributed by atoms with Gasteiger partial charge < -0.3 is 9.47 Å². The van der Waals surface area contributed by atoms with Gasteiger partial charge in [-0.15, -0.1) is 6.58 Å². The molecule has 0 amide bonds. The molecule has 3 atom stereocenters. The van der Waals surface area contributed by atoms with E-state index in [0.29, 0.717) is 6.61 Å². The van der Waals surface area contributed by atoms with Gasteiger partial charge in [-0.2, -0.15) is 0 Å². The summed E-state index contributed by atoms with van der Waals surface area (Å²) in [6.07, 6.45) is 2.58. The van der Waals surface area contributed by atoms with Gasteiger partial charge in [0.25, 0.3) is 0 Å². The minimum Gasteiger partial charge on any atom is -0.461 e. The van der Waals surface area contributed by atoms with Gasteiger partial charge in [0, 0.05) is 18.3 Å². The Hall–Kier alpha value is -1.61. The first-order valence-corrected chi connectivity index (χ1v) is 7.40. The Morgan fingerprint density at radius 3 is 2.62 bits per heavy atom. The molecule has 0 radical (unpaired) electrons. The van der Waals surface area contributed by atoms with E-state index >= 15 is 0 Å². The van der Waals surface area contributed by atoms with Gasteiger partial charge in [0.1, 0.15) is 6.10 Å². The summed E-state index contributed by atoms with van der Waals surface area (Å²) in [7, 11) is 0. The van der Waals surface area contributed by atoms with Crippen molar-refractivity contribution in [3.63, 3.8) is 0 Å². The molecular formula is C18H24O3. The van der Waals surface area contributed by atoms with Crippen molar-refractivity contribution in [2.75, 3.05) is 0 Å². The Balaban J connectivity index is 2.06. The van der Waals surface area contributed by atoms with Crippen molar-refractivity contribution in [1.29, 1.82) is 0 Å². The third-order valence-corrected chi connectivity index (χ3v) is 4.33. The minimum absolute atomic E-state index is 0.0463. The van der Waals surface area contributed by atoms with E-state index in [1.54, 1.807) is 0 Å². The van der Waals surface area contributed by atoms with Crippen LogP contribution < -0.4 is 0 Å². The van der Waals surface area contributed by atoms with Crippen LogP contribution >= 0.6 is 0 Å². The van der Waals surface area contributed by atoms with Crippen molar-refractivity contribution >= 4 is 5.97 Å². The highest BCUT2D eigenvalue weighted by Gasteiger charge is 2.50. The Morgan fingerprint density at radius 2 is 2.05 bits per heavy atom. The zero-order valence-electron chi connectivity index (χ0n) is 13.0. The molecule has 114 valence electrons. The van der Waals surface area contributed by atoms with Crippen LogP contribution in [0.25, 0.3) is 0 Å². The quantitative estimate of drug-likeness (QED) is 0.611. The fourth-order valence-corrected chi connectivity index (χ4v) is 3.10. The highest BCUT2D eigenvalue weighted by Crippen LogP contribution is 2.46. The van der Waals surface area contributed by atoms with E-state index in [0.717, 1.165) is 12.0 Å². The molecule has 0 heterocycles. The summed E-state index contributed by atoms with van der Waals surface area (Å²) in [6, 6.07) is 10.1. The second kappa shape index (κ2) is 6.44. The zero-order chi connectivity index (χ0) is 15.5. The maximum Gasteiger partial charge on any atom is 0.302 e. The fraction of sp³-hybridized carbons (Fsp3) is 0.500. The highest BCUT2D eigenvalue weighted by molar-refractivity contribution is 5.66. The Bertz CT molecular complexity index is 492. The Kier molecular flexibility index (Phi) is 4.84. The Morgan fingerprint density at radius 1 is 1.38 bits per heavy atom. The first kappa shape index (κ1) is 15.8. The zero-order valence-corrected chi connectivity index (χ0v) is 13.0. The number of hydrogen-bond donors (Lipinski definition) is 0. The summed E-state index contributed by atoms with van der Waals surface area (Å²) in [5.74, 6) is -0.103. The molecule has 1 saturated carbocycles. The van der Waals surface area contributed by atoms with E-state index in [1.165, 1.54) is 6.92 Å². The summed E-state index contributed by atoms with van der Waals surface area (Å²) in [4.78, 5) is 11.3. The largest absolute Gasteiger partial charge is 0.461 e. The molecule has 1 aromatic carbocycles. The minimum atomic E-state index is -0.247. The standard InChI is InChI=1S/C18H24O3/c1-5-15-11-16(18(3,4)17(15)21-13(2)19)20-12-14-9-7-6-8-10-14/h5-10,15-17H,1,11-12H2,2-4H3/t15-,16+,17-/m1/s1. The predicted octanol–water partition coefficient (Wildman–Crippen LogP) is 3.74. The molecule has 0 spiro atoms. The monoisotopic (exact) mass is 288 g/mol. The van der Waals surface area contributed by atoms with E-state index in [4.69, 9.17) is 9.47 Å². The number of rotatable bonds is 5. The molecule has 1 aliphatic carbocycles. The molecule has 21 heavy (non-hydrogen) atoms. The summed E-state index contributed by atoms with van der Waals surface area (Å²) >= 11 is 0. The number of carbonyl (C=O) groups is 1. The van der Waals surface area contributed by atoms with Gasteiger partial charge in [0.05, 0.1) is 12.7 Å². The first-order valence-electron chi connectivity index (χ1n) is 7.40. The first-order chi connectivity index (χ1) is 9.95. The Labute approximate surface area is 127 Å². The third-order valence-electron chi connectivity index (χ3n) is 4.33. The second-order valence-corrected chi connectivity index (χ2v) is 6.27. The van der Waals surface area contributed by atoms with Gasteiger partial charge in [-0.3, -0.25) is 4.79 Å². The van der Waals surface area contributed by atoms with Crippen molar-refractivity contribution in [2.45, 2.75) is 46.0 Å². The molecule has 0 bridgehead atoms. The molecule has 0 aromatic heterocycles. The van der Waals surface area contributed by atoms with Crippen molar-refractivity contribution in [3.8, 4) is 0 Å². The van der Waals surface area contributed by atoms with Gasteiger partial charge in [-0.1, -0.05) is 50.3 Å². The average molecular weight is 288 g/mol. The van der Waals surface area contributed by atoms with Crippen molar-refractivity contribution in [1.82, 2.24) is 0 Å². The van der Waals surface area contributed by atoms with E-state index < -0.39 is 0 Å². The van der Waals surface area contributed by atoms with Crippen LogP contribution in [0.3, 0.4) is 0 Å². The van der Waals surface area contributed by atoms with Gasteiger partial charge in [-0.25, -0.2) is 0 Å². The van der Waals surface area contributed by atoms with Gasteiger partial charge in [0.15, 0.2) is 0 Å². The number of ether oxygens (including phenoxy) is 2. The van der Waals surface area contributed by atoms with E-state index in [2.05, 4.69) is 32.6 Å². The molecule has 0 unspecified atom stereocenters. The van der Waals surface area contributed by atoms with Gasteiger partial charge >= 0.3 is 5.97 Å². The third kappa shape index (κ3) is 3.53. The van der Waals surface area contributed by atoms with Gasteiger partial charge in [-0.05, 0) is 12.0 Å². The molecule has 1 aromatic rings. The second-order valence-electron chi connectivity index (χ2n) is 6.27. The van der Waals surface area contributed by atoms with Gasteiger partial charge in [0.2, 0.25) is 0 Å². The summed E-state index contributed by atoms with van der Waals surface area (Å²) in [6.45, 7) is 10.1. The summed E-state index contributed by atoms with van der Waals surface area (Å²) < 4.78 is 11.6. The summed E-state index contributed by atoms with van der Waals surface area (Å²) in [5, 5.41) is 0. The maximum absolute atomic E-state index is 11.3. The lowest BCUT2D eigenvalue weighted by Gasteiger charge is -2.33. The van der Waals surface area contributed by atoms with Crippen LogP contribution in [0.5, 0.6) is 0 Å². The van der Waals surface area contributed by atoms with E-state index in [9.17, 15) is 4.79 Å². The number of carbonyl (C=O) groups excluding carboxylic acids is 1. The molecule has 0 aliphatic heterocycles. The fourth-order valence-electron chi connectivity index (χ4n) is 3.10. The number of benzene rings is 1. The van der Waals surface area contributed by atoms with Crippen LogP contribution in [-0.4, -0.2) is 18.2 Å². The number of hydrogen-bond acceptors (Lipinski definition) is 3. The SMILES string of the molecule is C=C[C@@H]1C[C@H](OCc2ccccc2)C(C)(C)[C@@H]1OC(C)=O. The average Bonchev–Trinajstić information content (AvgIpc) is 2.69. The lowest BCUT2D eigenvalue weighted by molar-refractivity contribution is -0.155. The molecule has 2 rings (SSSR count). The lowest BCUT2D eigenvalue weighted by atomic mass is 9.85. The molecule has 3 heteroatoms. The lowest BCUT2D eigenvalue weighted by Crippen LogP contribution is -2.38. The van der Waals surface area contributed by atoms with Crippen LogP contribution in [0.4, 0.5) is 0 Å². The smallest absolute Gasteiger partial charge is 0.302 e. The normalized spacial score (nSPS) is 27.3. The maximum atomic E-state index is 11.3. The molecular weight excluding hydrogens is 264 g/mol. The number of esters is 1. The van der Waals surface area contributed by atoms with Crippen molar-refractivity contribution in [3.05, 3.63) is 48.6 Å².